The van der Waals surface area contributed by atoms with E-state index in [1.54, 1.807) is 0 Å². The van der Waals surface area contributed by atoms with Crippen LogP contribution in [0.2, 0.25) is 0 Å². The van der Waals surface area contributed by atoms with Crippen LogP contribution in [0.4, 0.5) is 0 Å². The van der Waals surface area contributed by atoms with Crippen LogP contribution >= 0.6 is 15.9 Å². The molecule has 0 amide bonds. The fraction of sp³-hybridized carbons (Fsp3) is 0.667. The van der Waals surface area contributed by atoms with Crippen molar-refractivity contribution in [3.05, 3.63) is 0 Å². The van der Waals surface area contributed by atoms with Crippen LogP contribution in [0.3, 0.4) is 0 Å². The lowest BCUT2D eigenvalue weighted by Crippen LogP contribution is -1.93. The summed E-state index contributed by atoms with van der Waals surface area (Å²) in [6.07, 6.45) is 5.95. The van der Waals surface area contributed by atoms with Crippen molar-refractivity contribution < 1.29 is 4.74 Å². The molecule has 0 aromatic rings. The van der Waals surface area contributed by atoms with Gasteiger partial charge >= 0.3 is 0 Å². The van der Waals surface area contributed by atoms with Crippen molar-refractivity contribution in [1.82, 2.24) is 0 Å². The Kier molecular flexibility index (Phi) is 7.00. The lowest BCUT2D eigenvalue weighted by molar-refractivity contribution is 0.169. The number of ether oxygens (including phenoxy) is 1. The molecule has 0 aliphatic heterocycles. The zero-order valence-corrected chi connectivity index (χ0v) is 6.28. The Hall–Kier alpha value is 0. The summed E-state index contributed by atoms with van der Waals surface area (Å²) in [6, 6.07) is 0. The molecule has 2 heteroatoms. The second-order valence-corrected chi connectivity index (χ2v) is 2.09. The first-order chi connectivity index (χ1) is 3.91. The standard InChI is InChI=1S/C6H9BrO/c1-2-5-8-6-3-4-7/h1H,3-6H2. The Bertz CT molecular complexity index is 75.1. The highest BCUT2D eigenvalue weighted by molar-refractivity contribution is 9.09. The zero-order chi connectivity index (χ0) is 6.24. The summed E-state index contributed by atoms with van der Waals surface area (Å²) in [6.45, 7) is 1.20. The van der Waals surface area contributed by atoms with Gasteiger partial charge in [-0.1, -0.05) is 21.9 Å². The van der Waals surface area contributed by atoms with Gasteiger partial charge in [0.1, 0.15) is 6.61 Å². The molecule has 0 bridgehead atoms. The lowest BCUT2D eigenvalue weighted by atomic mass is 10.5. The van der Waals surface area contributed by atoms with E-state index in [9.17, 15) is 0 Å². The van der Waals surface area contributed by atoms with Crippen molar-refractivity contribution in [3.8, 4) is 12.3 Å². The predicted molar refractivity (Wildman–Crippen MR) is 38.1 cm³/mol. The number of hydrogen-bond donors (Lipinski definition) is 0. The molecule has 0 rings (SSSR count). The number of terminal acetylenes is 1. The smallest absolute Gasteiger partial charge is 0.107 e. The van der Waals surface area contributed by atoms with Crippen molar-refractivity contribution in [2.75, 3.05) is 18.5 Å². The van der Waals surface area contributed by atoms with Gasteiger partial charge in [-0.2, -0.15) is 0 Å². The van der Waals surface area contributed by atoms with Crippen LogP contribution in [-0.2, 0) is 4.74 Å². The van der Waals surface area contributed by atoms with Crippen molar-refractivity contribution in [2.45, 2.75) is 6.42 Å². The summed E-state index contributed by atoms with van der Waals surface area (Å²) in [5.74, 6) is 2.39. The summed E-state index contributed by atoms with van der Waals surface area (Å²) >= 11 is 3.27. The van der Waals surface area contributed by atoms with Gasteiger partial charge in [-0.25, -0.2) is 0 Å². The molecule has 0 aromatic heterocycles. The van der Waals surface area contributed by atoms with Crippen molar-refractivity contribution in [3.63, 3.8) is 0 Å². The van der Waals surface area contributed by atoms with Gasteiger partial charge in [-0.05, 0) is 6.42 Å². The molecule has 0 saturated carbocycles. The quantitative estimate of drug-likeness (QED) is 0.358. The number of rotatable bonds is 4. The Balaban J connectivity index is 2.65. The summed E-state index contributed by atoms with van der Waals surface area (Å²) in [7, 11) is 0. The van der Waals surface area contributed by atoms with E-state index in [1.807, 2.05) is 0 Å². The molecule has 0 aromatic carbocycles. The van der Waals surface area contributed by atoms with Crippen molar-refractivity contribution in [1.29, 1.82) is 0 Å². The van der Waals surface area contributed by atoms with Gasteiger partial charge in [-0.15, -0.1) is 6.42 Å². The highest BCUT2D eigenvalue weighted by Crippen LogP contribution is 1.86. The van der Waals surface area contributed by atoms with Crippen molar-refractivity contribution >= 4 is 15.9 Å². The monoisotopic (exact) mass is 176 g/mol. The molecule has 0 radical (unpaired) electrons. The van der Waals surface area contributed by atoms with Gasteiger partial charge in [0.2, 0.25) is 0 Å². The largest absolute Gasteiger partial charge is 0.369 e. The molecule has 0 unspecified atom stereocenters. The molecular weight excluding hydrogens is 168 g/mol. The van der Waals surface area contributed by atoms with Crippen molar-refractivity contribution in [2.24, 2.45) is 0 Å². The van der Waals surface area contributed by atoms with Gasteiger partial charge in [0, 0.05) is 11.9 Å². The normalized spacial score (nSPS) is 8.50. The average molecular weight is 177 g/mol. The maximum atomic E-state index is 4.96. The molecule has 0 heterocycles. The Labute approximate surface area is 58.5 Å². The molecule has 1 nitrogen and oxygen atoms in total. The topological polar surface area (TPSA) is 9.23 Å². The second kappa shape index (κ2) is 7.00. The predicted octanol–water partition coefficient (Wildman–Crippen LogP) is 1.42. The van der Waals surface area contributed by atoms with E-state index in [-0.39, 0.29) is 0 Å². The van der Waals surface area contributed by atoms with E-state index < -0.39 is 0 Å². The molecule has 0 atom stereocenters. The van der Waals surface area contributed by atoms with Gasteiger partial charge in [-0.3, -0.25) is 0 Å². The summed E-state index contributed by atoms with van der Waals surface area (Å²) in [5.41, 5.74) is 0. The Morgan fingerprint density at radius 3 is 2.88 bits per heavy atom. The van der Waals surface area contributed by atoms with E-state index in [1.165, 1.54) is 0 Å². The molecule has 0 spiro atoms. The SMILES string of the molecule is C#CCOCCCBr. The van der Waals surface area contributed by atoms with E-state index in [4.69, 9.17) is 11.2 Å². The van der Waals surface area contributed by atoms with E-state index in [0.29, 0.717) is 6.61 Å². The highest BCUT2D eigenvalue weighted by atomic mass is 79.9. The van der Waals surface area contributed by atoms with Crippen LogP contribution < -0.4 is 0 Å². The molecule has 8 heavy (non-hydrogen) atoms. The van der Waals surface area contributed by atoms with Crippen LogP contribution in [0.1, 0.15) is 6.42 Å². The van der Waals surface area contributed by atoms with Gasteiger partial charge < -0.3 is 4.74 Å². The zero-order valence-electron chi connectivity index (χ0n) is 4.69. The maximum absolute atomic E-state index is 4.96. The first-order valence-corrected chi connectivity index (χ1v) is 3.61. The Morgan fingerprint density at radius 1 is 1.62 bits per heavy atom. The number of hydrogen-bond acceptors (Lipinski definition) is 1. The molecule has 0 N–H and O–H groups in total. The minimum absolute atomic E-state index is 0.438. The minimum atomic E-state index is 0.438. The lowest BCUT2D eigenvalue weighted by Gasteiger charge is -1.93. The molecule has 46 valence electrons. The minimum Gasteiger partial charge on any atom is -0.369 e. The Morgan fingerprint density at radius 2 is 2.38 bits per heavy atom. The first-order valence-electron chi connectivity index (χ1n) is 2.49. The third-order valence-electron chi connectivity index (χ3n) is 0.608. The summed E-state index contributed by atoms with van der Waals surface area (Å²) < 4.78 is 4.96. The van der Waals surface area contributed by atoms with Gasteiger partial charge in [0.15, 0.2) is 0 Å². The summed E-state index contributed by atoms with van der Waals surface area (Å²) in [4.78, 5) is 0. The average Bonchev–Trinajstić information content (AvgIpc) is 1.81. The van der Waals surface area contributed by atoms with E-state index in [0.717, 1.165) is 18.4 Å². The summed E-state index contributed by atoms with van der Waals surface area (Å²) in [5, 5.41) is 0.984. The van der Waals surface area contributed by atoms with Crippen LogP contribution in [0.15, 0.2) is 0 Å². The molecule has 0 aliphatic rings. The fourth-order valence-corrected chi connectivity index (χ4v) is 0.517. The third-order valence-corrected chi connectivity index (χ3v) is 1.17. The van der Waals surface area contributed by atoms with Crippen LogP contribution in [0, 0.1) is 12.3 Å². The number of alkyl halides is 1. The van der Waals surface area contributed by atoms with E-state index in [2.05, 4.69) is 21.9 Å². The van der Waals surface area contributed by atoms with Gasteiger partial charge in [0.05, 0.1) is 0 Å². The molecule has 0 fully saturated rings. The third kappa shape index (κ3) is 6.00. The molecule has 0 saturated heterocycles. The first kappa shape index (κ1) is 8.00. The van der Waals surface area contributed by atoms with Gasteiger partial charge in [0.25, 0.3) is 0 Å². The number of halogens is 1. The van der Waals surface area contributed by atoms with Crippen LogP contribution in [-0.4, -0.2) is 18.5 Å². The van der Waals surface area contributed by atoms with E-state index >= 15 is 0 Å². The maximum Gasteiger partial charge on any atom is 0.107 e. The highest BCUT2D eigenvalue weighted by Gasteiger charge is 1.81. The van der Waals surface area contributed by atoms with Crippen LogP contribution in [0.5, 0.6) is 0 Å². The van der Waals surface area contributed by atoms with Crippen LogP contribution in [0.25, 0.3) is 0 Å². The molecular formula is C6H9BrO. The fourth-order valence-electron chi connectivity index (χ4n) is 0.288. The molecule has 0 aliphatic carbocycles. The second-order valence-electron chi connectivity index (χ2n) is 1.30.